The van der Waals surface area contributed by atoms with Gasteiger partial charge in [0.1, 0.15) is 23.0 Å². The van der Waals surface area contributed by atoms with Gasteiger partial charge in [0.2, 0.25) is 0 Å². The molecule has 0 atom stereocenters. The predicted octanol–water partition coefficient (Wildman–Crippen LogP) is 5.52. The number of nitrogens with two attached hydrogens (primary N) is 1. The van der Waals surface area contributed by atoms with Gasteiger partial charge in [0.15, 0.2) is 0 Å². The lowest BCUT2D eigenvalue weighted by atomic mass is 10.2. The van der Waals surface area contributed by atoms with Crippen molar-refractivity contribution in [3.8, 4) is 11.4 Å². The molecule has 0 radical (unpaired) electrons. The van der Waals surface area contributed by atoms with E-state index in [9.17, 15) is 18.4 Å². The van der Waals surface area contributed by atoms with Crippen LogP contribution in [0.25, 0.3) is 22.4 Å². The van der Waals surface area contributed by atoms with E-state index in [-0.39, 0.29) is 5.56 Å². The first-order chi connectivity index (χ1) is 14.7. The second-order valence-electron chi connectivity index (χ2n) is 6.20. The Balaban J connectivity index is 0.000000210. The molecule has 1 aromatic heterocycles. The molecule has 4 aromatic rings. The second-order valence-corrected chi connectivity index (χ2v) is 8.04. The van der Waals surface area contributed by atoms with Gasteiger partial charge in [-0.05, 0) is 48.5 Å². The van der Waals surface area contributed by atoms with Gasteiger partial charge in [0.05, 0.1) is 22.2 Å². The number of hydrogen-bond acceptors (Lipinski definition) is 3. The summed E-state index contributed by atoms with van der Waals surface area (Å²) in [7, 11) is 0. The summed E-state index contributed by atoms with van der Waals surface area (Å²) in [4.78, 5) is 28.9. The summed E-state index contributed by atoms with van der Waals surface area (Å²) in [6.45, 7) is 0. The number of benzene rings is 3. The van der Waals surface area contributed by atoms with Crippen LogP contribution >= 0.6 is 31.9 Å². The summed E-state index contributed by atoms with van der Waals surface area (Å²) in [5.41, 5.74) is 6.71. The molecule has 1 amide bonds. The number of carbonyl (C=O) groups excluding carboxylic acids is 1. The topological polar surface area (TPSA) is 109 Å². The van der Waals surface area contributed by atoms with Crippen LogP contribution < -0.4 is 5.73 Å². The second kappa shape index (κ2) is 9.36. The van der Waals surface area contributed by atoms with Gasteiger partial charge in [0, 0.05) is 8.95 Å². The Bertz CT molecular complexity index is 1310. The molecule has 0 spiro atoms. The number of aromatic nitrogens is 2. The Morgan fingerprint density at radius 3 is 2.16 bits per heavy atom. The molecular formula is C21H13Br2F2N3O3. The molecule has 4 N–H and O–H groups in total. The van der Waals surface area contributed by atoms with Crippen molar-refractivity contribution in [2.45, 2.75) is 0 Å². The lowest BCUT2D eigenvalue weighted by molar-refractivity contribution is 0.0691. The molecule has 0 aliphatic carbocycles. The molecule has 4 rings (SSSR count). The molecule has 158 valence electrons. The number of amides is 1. The number of para-hydroxylation sites is 1. The van der Waals surface area contributed by atoms with E-state index in [1.165, 1.54) is 18.2 Å². The zero-order valence-corrected chi connectivity index (χ0v) is 18.7. The van der Waals surface area contributed by atoms with E-state index >= 15 is 0 Å². The lowest BCUT2D eigenvalue weighted by Gasteiger charge is -1.99. The first kappa shape index (κ1) is 22.6. The van der Waals surface area contributed by atoms with Gasteiger partial charge < -0.3 is 15.8 Å². The fourth-order valence-corrected chi connectivity index (χ4v) is 3.37. The summed E-state index contributed by atoms with van der Waals surface area (Å²) in [6, 6.07) is 13.5. The number of rotatable bonds is 3. The molecule has 0 unspecified atom stereocenters. The molecule has 0 aliphatic rings. The van der Waals surface area contributed by atoms with E-state index in [2.05, 4.69) is 41.8 Å². The molecule has 0 aliphatic heterocycles. The normalized spacial score (nSPS) is 10.5. The van der Waals surface area contributed by atoms with Crippen LogP contribution in [0.1, 0.15) is 20.7 Å². The van der Waals surface area contributed by atoms with Gasteiger partial charge >= 0.3 is 5.97 Å². The van der Waals surface area contributed by atoms with Crippen LogP contribution in [0.4, 0.5) is 8.78 Å². The van der Waals surface area contributed by atoms with E-state index in [1.54, 1.807) is 30.3 Å². The zero-order chi connectivity index (χ0) is 22.7. The van der Waals surface area contributed by atoms with Crippen LogP contribution in [-0.4, -0.2) is 27.0 Å². The molecule has 0 saturated carbocycles. The average Bonchev–Trinajstić information content (AvgIpc) is 3.11. The molecular weight excluding hydrogens is 540 g/mol. The molecule has 10 heteroatoms. The molecule has 1 heterocycles. The van der Waals surface area contributed by atoms with Crippen LogP contribution in [0.15, 0.2) is 63.5 Å². The zero-order valence-electron chi connectivity index (χ0n) is 15.5. The SMILES string of the molecule is NC(=O)c1cccc2[nH]c(-c3ccc(Br)cc3F)nc12.O=C(O)c1ccc(Br)cc1F. The smallest absolute Gasteiger partial charge is 0.338 e. The van der Waals surface area contributed by atoms with E-state index < -0.39 is 23.5 Å². The van der Waals surface area contributed by atoms with Crippen LogP contribution in [0.2, 0.25) is 0 Å². The minimum absolute atomic E-state index is 0.308. The van der Waals surface area contributed by atoms with Gasteiger partial charge in [-0.1, -0.05) is 37.9 Å². The number of halogens is 4. The van der Waals surface area contributed by atoms with Crippen LogP contribution in [-0.2, 0) is 0 Å². The van der Waals surface area contributed by atoms with Crippen molar-refractivity contribution < 1.29 is 23.5 Å². The highest BCUT2D eigenvalue weighted by molar-refractivity contribution is 9.10. The predicted molar refractivity (Wildman–Crippen MR) is 119 cm³/mol. The van der Waals surface area contributed by atoms with E-state index in [1.807, 2.05) is 0 Å². The largest absolute Gasteiger partial charge is 0.478 e. The van der Waals surface area contributed by atoms with Crippen LogP contribution in [0.3, 0.4) is 0 Å². The maximum absolute atomic E-state index is 13.9. The molecule has 31 heavy (non-hydrogen) atoms. The Morgan fingerprint density at radius 2 is 1.58 bits per heavy atom. The molecule has 3 aromatic carbocycles. The van der Waals surface area contributed by atoms with Gasteiger partial charge in [-0.2, -0.15) is 0 Å². The number of carboxylic acid groups (broad SMARTS) is 1. The number of carbonyl (C=O) groups is 2. The monoisotopic (exact) mass is 551 g/mol. The minimum atomic E-state index is -1.25. The number of hydrogen-bond donors (Lipinski definition) is 3. The highest BCUT2D eigenvalue weighted by atomic mass is 79.9. The first-order valence-electron chi connectivity index (χ1n) is 8.59. The summed E-state index contributed by atoms with van der Waals surface area (Å²) >= 11 is 6.21. The summed E-state index contributed by atoms with van der Waals surface area (Å²) in [5, 5.41) is 8.40. The summed E-state index contributed by atoms with van der Waals surface area (Å²) in [6.07, 6.45) is 0. The Hall–Kier alpha value is -3.11. The van der Waals surface area contributed by atoms with Crippen LogP contribution in [0, 0.1) is 11.6 Å². The Kier molecular flexibility index (Phi) is 6.81. The third-order valence-corrected chi connectivity index (χ3v) is 5.11. The number of fused-ring (bicyclic) bond motifs is 1. The third-order valence-electron chi connectivity index (χ3n) is 4.13. The number of H-pyrrole nitrogens is 1. The maximum Gasteiger partial charge on any atom is 0.338 e. The minimum Gasteiger partial charge on any atom is -0.478 e. The fourth-order valence-electron chi connectivity index (χ4n) is 2.70. The van der Waals surface area contributed by atoms with Crippen molar-refractivity contribution >= 4 is 54.8 Å². The lowest BCUT2D eigenvalue weighted by Crippen LogP contribution is -2.11. The third kappa shape index (κ3) is 5.15. The first-order valence-corrected chi connectivity index (χ1v) is 10.2. The summed E-state index contributed by atoms with van der Waals surface area (Å²) < 4.78 is 27.8. The quantitative estimate of drug-likeness (QED) is 0.311. The van der Waals surface area contributed by atoms with Gasteiger partial charge in [-0.3, -0.25) is 4.79 Å². The molecule has 6 nitrogen and oxygen atoms in total. The van der Waals surface area contributed by atoms with Crippen molar-refractivity contribution in [1.82, 2.24) is 9.97 Å². The van der Waals surface area contributed by atoms with Crippen molar-refractivity contribution in [3.63, 3.8) is 0 Å². The van der Waals surface area contributed by atoms with Gasteiger partial charge in [-0.25, -0.2) is 18.6 Å². The Labute approximate surface area is 191 Å². The molecule has 0 fully saturated rings. The number of aromatic amines is 1. The highest BCUT2D eigenvalue weighted by Crippen LogP contribution is 2.26. The van der Waals surface area contributed by atoms with Gasteiger partial charge in [0.25, 0.3) is 5.91 Å². The number of carboxylic acids is 1. The van der Waals surface area contributed by atoms with E-state index in [4.69, 9.17) is 10.8 Å². The summed E-state index contributed by atoms with van der Waals surface area (Å²) in [5.74, 6) is -2.59. The van der Waals surface area contributed by atoms with Crippen LogP contribution in [0.5, 0.6) is 0 Å². The number of nitrogens with zero attached hydrogens (tertiary/aromatic N) is 1. The molecule has 0 saturated heterocycles. The number of imidazole rings is 1. The van der Waals surface area contributed by atoms with Crippen molar-refractivity contribution in [2.75, 3.05) is 0 Å². The van der Waals surface area contributed by atoms with E-state index in [0.717, 1.165) is 6.07 Å². The average molecular weight is 553 g/mol. The number of nitrogens with one attached hydrogen (secondary N) is 1. The standard InChI is InChI=1S/C14H9BrFN3O.C7H4BrFO2/c15-7-4-5-8(10(16)6-7)14-18-11-3-1-2-9(13(17)20)12(11)19-14;8-4-1-2-5(7(10)11)6(9)3-4/h1-6H,(H2,17,20)(H,18,19);1-3H,(H,10,11). The molecule has 0 bridgehead atoms. The van der Waals surface area contributed by atoms with E-state index in [0.29, 0.717) is 36.9 Å². The van der Waals surface area contributed by atoms with Crippen molar-refractivity contribution in [2.24, 2.45) is 5.73 Å². The van der Waals surface area contributed by atoms with Crippen molar-refractivity contribution in [3.05, 3.63) is 86.3 Å². The highest BCUT2D eigenvalue weighted by Gasteiger charge is 2.14. The fraction of sp³-hybridized carbons (Fsp3) is 0. The van der Waals surface area contributed by atoms with Gasteiger partial charge in [-0.15, -0.1) is 0 Å². The number of aromatic carboxylic acids is 1. The Morgan fingerprint density at radius 1 is 0.935 bits per heavy atom. The number of primary amides is 1. The maximum atomic E-state index is 13.9. The van der Waals surface area contributed by atoms with Crippen molar-refractivity contribution in [1.29, 1.82) is 0 Å².